The van der Waals surface area contributed by atoms with E-state index >= 15 is 0 Å². The van der Waals surface area contributed by atoms with Crippen LogP contribution in [-0.2, 0) is 9.59 Å². The van der Waals surface area contributed by atoms with Crippen LogP contribution in [-0.4, -0.2) is 23.9 Å². The topological polar surface area (TPSA) is 66.8 Å². The molecular formula is C24H18FNO4. The average molecular weight is 403 g/mol. The van der Waals surface area contributed by atoms with Gasteiger partial charge in [0.25, 0.3) is 11.7 Å². The number of nitrogens with zero attached hydrogens (tertiary/aromatic N) is 1. The highest BCUT2D eigenvalue weighted by Crippen LogP contribution is 2.42. The van der Waals surface area contributed by atoms with Crippen LogP contribution >= 0.6 is 0 Å². The first kappa shape index (κ1) is 19.4. The van der Waals surface area contributed by atoms with Crippen LogP contribution in [0.25, 0.3) is 5.76 Å². The highest BCUT2D eigenvalue weighted by Gasteiger charge is 2.47. The number of halogens is 1. The summed E-state index contributed by atoms with van der Waals surface area (Å²) < 4.78 is 18.8. The van der Waals surface area contributed by atoms with E-state index in [-0.39, 0.29) is 11.3 Å². The third-order valence-electron chi connectivity index (χ3n) is 5.01. The smallest absolute Gasteiger partial charge is 0.300 e. The molecule has 1 aliphatic heterocycles. The number of aliphatic hydroxyl groups excluding tert-OH is 1. The molecule has 0 saturated carbocycles. The van der Waals surface area contributed by atoms with Gasteiger partial charge in [0, 0.05) is 17.3 Å². The van der Waals surface area contributed by atoms with Crippen LogP contribution in [0.4, 0.5) is 10.1 Å². The number of hydrogen-bond donors (Lipinski definition) is 1. The Bertz CT molecular complexity index is 1140. The summed E-state index contributed by atoms with van der Waals surface area (Å²) in [6.45, 7) is 0. The predicted molar refractivity (Wildman–Crippen MR) is 111 cm³/mol. The van der Waals surface area contributed by atoms with Crippen LogP contribution in [0.5, 0.6) is 5.75 Å². The van der Waals surface area contributed by atoms with Gasteiger partial charge >= 0.3 is 0 Å². The van der Waals surface area contributed by atoms with E-state index in [1.165, 1.54) is 36.3 Å². The number of methoxy groups -OCH3 is 1. The molecule has 30 heavy (non-hydrogen) atoms. The Kier molecular flexibility index (Phi) is 5.06. The molecule has 0 aromatic heterocycles. The summed E-state index contributed by atoms with van der Waals surface area (Å²) in [5.41, 5.74) is 1.28. The van der Waals surface area contributed by atoms with E-state index in [9.17, 15) is 19.1 Å². The first-order valence-electron chi connectivity index (χ1n) is 9.27. The molecule has 1 aliphatic rings. The summed E-state index contributed by atoms with van der Waals surface area (Å²) in [4.78, 5) is 27.3. The number of rotatable bonds is 4. The standard InChI is InChI=1S/C24H18FNO4/c1-30-19-9-5-8-18(14-19)26-21(15-10-12-17(25)13-11-15)20(23(28)24(26)29)22(27)16-6-3-2-4-7-16/h2-14,21,27H,1H3. The molecule has 3 aromatic carbocycles. The lowest BCUT2D eigenvalue weighted by atomic mass is 9.95. The fourth-order valence-corrected chi connectivity index (χ4v) is 3.57. The van der Waals surface area contributed by atoms with Crippen LogP contribution in [0.3, 0.4) is 0 Å². The molecule has 4 rings (SSSR count). The molecule has 0 bridgehead atoms. The van der Waals surface area contributed by atoms with Crippen molar-refractivity contribution in [2.24, 2.45) is 0 Å². The first-order chi connectivity index (χ1) is 14.5. The number of ketones is 1. The van der Waals surface area contributed by atoms with Crippen molar-refractivity contribution < 1.29 is 23.8 Å². The molecule has 1 saturated heterocycles. The first-order valence-corrected chi connectivity index (χ1v) is 9.27. The minimum absolute atomic E-state index is 0.0550. The van der Waals surface area contributed by atoms with Crippen molar-refractivity contribution in [2.45, 2.75) is 6.04 Å². The van der Waals surface area contributed by atoms with Crippen LogP contribution < -0.4 is 9.64 Å². The summed E-state index contributed by atoms with van der Waals surface area (Å²) in [7, 11) is 1.50. The molecule has 1 fully saturated rings. The van der Waals surface area contributed by atoms with Crippen molar-refractivity contribution in [1.29, 1.82) is 0 Å². The average Bonchev–Trinajstić information content (AvgIpc) is 3.05. The molecule has 1 N–H and O–H groups in total. The Morgan fingerprint density at radius 2 is 1.67 bits per heavy atom. The second-order valence-electron chi connectivity index (χ2n) is 6.79. The van der Waals surface area contributed by atoms with E-state index in [2.05, 4.69) is 0 Å². The number of anilines is 1. The third kappa shape index (κ3) is 3.33. The molecule has 6 heteroatoms. The van der Waals surface area contributed by atoms with E-state index in [0.717, 1.165) is 0 Å². The zero-order chi connectivity index (χ0) is 21.3. The number of ether oxygens (including phenoxy) is 1. The van der Waals surface area contributed by atoms with Gasteiger partial charge in [0.2, 0.25) is 0 Å². The molecule has 0 spiro atoms. The minimum atomic E-state index is -0.919. The second kappa shape index (κ2) is 7.83. The Balaban J connectivity index is 1.94. The van der Waals surface area contributed by atoms with E-state index < -0.39 is 23.5 Å². The van der Waals surface area contributed by atoms with Gasteiger partial charge in [-0.05, 0) is 29.8 Å². The van der Waals surface area contributed by atoms with Crippen LogP contribution in [0, 0.1) is 5.82 Å². The molecule has 1 atom stereocenters. The molecule has 3 aromatic rings. The summed E-state index contributed by atoms with van der Waals surface area (Å²) in [6, 6.07) is 19.8. The Labute approximate surface area is 172 Å². The Hall–Kier alpha value is -3.93. The SMILES string of the molecule is COc1cccc(N2C(=O)C(=O)C(=C(O)c3ccccc3)C2c2ccc(F)cc2)c1. The Morgan fingerprint density at radius 1 is 0.967 bits per heavy atom. The van der Waals surface area contributed by atoms with Gasteiger partial charge in [-0.1, -0.05) is 48.5 Å². The van der Waals surface area contributed by atoms with Gasteiger partial charge in [0.1, 0.15) is 17.3 Å². The van der Waals surface area contributed by atoms with Crippen molar-refractivity contribution in [1.82, 2.24) is 0 Å². The zero-order valence-corrected chi connectivity index (χ0v) is 16.1. The number of Topliss-reactive ketones (excluding diaryl/α,β-unsaturated/α-hetero) is 1. The lowest BCUT2D eigenvalue weighted by Crippen LogP contribution is -2.29. The molecule has 1 unspecified atom stereocenters. The lowest BCUT2D eigenvalue weighted by molar-refractivity contribution is -0.132. The van der Waals surface area contributed by atoms with Gasteiger partial charge in [-0.25, -0.2) is 4.39 Å². The number of aliphatic hydroxyl groups is 1. The molecule has 5 nitrogen and oxygen atoms in total. The number of hydrogen-bond acceptors (Lipinski definition) is 4. The van der Waals surface area contributed by atoms with E-state index in [4.69, 9.17) is 4.74 Å². The normalized spacial score (nSPS) is 17.9. The van der Waals surface area contributed by atoms with Crippen molar-refractivity contribution in [3.8, 4) is 5.75 Å². The Morgan fingerprint density at radius 3 is 2.33 bits per heavy atom. The number of amides is 1. The number of carbonyl (C=O) groups is 2. The van der Waals surface area contributed by atoms with Gasteiger partial charge in [0.05, 0.1) is 18.7 Å². The van der Waals surface area contributed by atoms with Crippen LogP contribution in [0.1, 0.15) is 17.2 Å². The maximum absolute atomic E-state index is 13.5. The summed E-state index contributed by atoms with van der Waals surface area (Å²) in [6.07, 6.45) is 0. The third-order valence-corrected chi connectivity index (χ3v) is 5.01. The number of benzene rings is 3. The van der Waals surface area contributed by atoms with Gasteiger partial charge in [-0.2, -0.15) is 0 Å². The molecule has 1 heterocycles. The van der Waals surface area contributed by atoms with Crippen molar-refractivity contribution >= 4 is 23.1 Å². The maximum Gasteiger partial charge on any atom is 0.300 e. The molecule has 150 valence electrons. The van der Waals surface area contributed by atoms with Crippen LogP contribution in [0.15, 0.2) is 84.4 Å². The molecule has 0 radical (unpaired) electrons. The molecule has 1 amide bonds. The largest absolute Gasteiger partial charge is 0.507 e. The van der Waals surface area contributed by atoms with E-state index in [1.807, 2.05) is 0 Å². The quantitative estimate of drug-likeness (QED) is 0.397. The van der Waals surface area contributed by atoms with E-state index in [0.29, 0.717) is 22.6 Å². The second-order valence-corrected chi connectivity index (χ2v) is 6.79. The summed E-state index contributed by atoms with van der Waals surface area (Å²) in [5, 5.41) is 10.9. The fraction of sp³-hybridized carbons (Fsp3) is 0.0833. The highest BCUT2D eigenvalue weighted by atomic mass is 19.1. The van der Waals surface area contributed by atoms with Gasteiger partial charge in [0.15, 0.2) is 0 Å². The maximum atomic E-state index is 13.5. The van der Waals surface area contributed by atoms with Crippen LogP contribution in [0.2, 0.25) is 0 Å². The molecular weight excluding hydrogens is 385 g/mol. The van der Waals surface area contributed by atoms with Crippen molar-refractivity contribution in [2.75, 3.05) is 12.0 Å². The zero-order valence-electron chi connectivity index (χ0n) is 16.1. The van der Waals surface area contributed by atoms with Gasteiger partial charge in [-0.15, -0.1) is 0 Å². The highest BCUT2D eigenvalue weighted by molar-refractivity contribution is 6.51. The summed E-state index contributed by atoms with van der Waals surface area (Å²) >= 11 is 0. The summed E-state index contributed by atoms with van der Waals surface area (Å²) in [5.74, 6) is -1.81. The van der Waals surface area contributed by atoms with Gasteiger partial charge < -0.3 is 9.84 Å². The van der Waals surface area contributed by atoms with Crippen molar-refractivity contribution in [3.63, 3.8) is 0 Å². The lowest BCUT2D eigenvalue weighted by Gasteiger charge is -2.25. The number of carbonyl (C=O) groups excluding carboxylic acids is 2. The predicted octanol–water partition coefficient (Wildman–Crippen LogP) is 4.46. The minimum Gasteiger partial charge on any atom is -0.507 e. The van der Waals surface area contributed by atoms with E-state index in [1.54, 1.807) is 54.6 Å². The fourth-order valence-electron chi connectivity index (χ4n) is 3.57. The van der Waals surface area contributed by atoms with Crippen molar-refractivity contribution in [3.05, 3.63) is 101 Å². The van der Waals surface area contributed by atoms with Gasteiger partial charge in [-0.3, -0.25) is 14.5 Å². The monoisotopic (exact) mass is 403 g/mol. The molecule has 0 aliphatic carbocycles.